The third-order valence-electron chi connectivity index (χ3n) is 14.0. The highest BCUT2D eigenvalue weighted by atomic mass is 15.1. The van der Waals surface area contributed by atoms with E-state index in [0.29, 0.717) is 0 Å². The van der Waals surface area contributed by atoms with Gasteiger partial charge in [-0.25, -0.2) is 0 Å². The maximum atomic E-state index is 2.51. The summed E-state index contributed by atoms with van der Waals surface area (Å²) in [7, 11) is 0. The summed E-state index contributed by atoms with van der Waals surface area (Å²) in [6.07, 6.45) is 0. The van der Waals surface area contributed by atoms with Crippen molar-refractivity contribution in [2.24, 2.45) is 0 Å². The maximum absolute atomic E-state index is 2.51. The van der Waals surface area contributed by atoms with Crippen LogP contribution in [0.15, 0.2) is 279 Å². The predicted octanol–water partition coefficient (Wildman–Crippen LogP) is 18.9. The summed E-state index contributed by atoms with van der Waals surface area (Å²) in [6.45, 7) is 0. The molecule has 0 radical (unpaired) electrons. The van der Waals surface area contributed by atoms with Crippen molar-refractivity contribution in [3.05, 3.63) is 279 Å². The zero-order valence-electron chi connectivity index (χ0n) is 38.5. The molecule has 1 aromatic heterocycles. The first-order chi connectivity index (χ1) is 34.7. The molecule has 13 rings (SSSR count). The van der Waals surface area contributed by atoms with Crippen LogP contribution in [0, 0.1) is 0 Å². The first kappa shape index (κ1) is 41.0. The molecule has 0 bridgehead atoms. The van der Waals surface area contributed by atoms with Crippen LogP contribution in [0.1, 0.15) is 0 Å². The second-order valence-electron chi connectivity index (χ2n) is 18.1. The SMILES string of the molecule is c1ccc(-c2ccc(N(c3ccc(-c4ccc(-c5ccccc5)cc4-n4c5ccccc5c5ccc6ccccc6c54)cc3)c3cccc(-c4cccc5ccccc45)c3)c(-c3ccccc3)c2)cc1. The Hall–Kier alpha value is -9.24. The van der Waals surface area contributed by atoms with Crippen molar-refractivity contribution < 1.29 is 0 Å². The van der Waals surface area contributed by atoms with Gasteiger partial charge in [-0.05, 0) is 109 Å². The molecule has 0 aliphatic rings. The lowest BCUT2D eigenvalue weighted by Crippen LogP contribution is -2.11. The van der Waals surface area contributed by atoms with E-state index in [1.54, 1.807) is 0 Å². The third-order valence-corrected chi connectivity index (χ3v) is 14.0. The first-order valence-electron chi connectivity index (χ1n) is 24.1. The molecule has 1 heterocycles. The van der Waals surface area contributed by atoms with Crippen LogP contribution in [-0.2, 0) is 0 Å². The molecule has 2 nitrogen and oxygen atoms in total. The summed E-state index contributed by atoms with van der Waals surface area (Å²) in [5.74, 6) is 0. The van der Waals surface area contributed by atoms with Gasteiger partial charge in [0, 0.05) is 38.7 Å². The van der Waals surface area contributed by atoms with E-state index in [1.165, 1.54) is 76.7 Å². The lowest BCUT2D eigenvalue weighted by molar-refractivity contribution is 1.19. The van der Waals surface area contributed by atoms with Crippen LogP contribution >= 0.6 is 0 Å². The van der Waals surface area contributed by atoms with Crippen LogP contribution in [0.4, 0.5) is 17.1 Å². The molecule has 0 atom stereocenters. The van der Waals surface area contributed by atoms with Gasteiger partial charge in [-0.15, -0.1) is 0 Å². The van der Waals surface area contributed by atoms with Gasteiger partial charge in [0.05, 0.1) is 22.4 Å². The Balaban J connectivity index is 1.02. The van der Waals surface area contributed by atoms with Gasteiger partial charge >= 0.3 is 0 Å². The summed E-state index contributed by atoms with van der Waals surface area (Å²) in [5, 5.41) is 7.40. The Morgan fingerprint density at radius 3 is 1.54 bits per heavy atom. The molecule has 13 aromatic rings. The highest BCUT2D eigenvalue weighted by Gasteiger charge is 2.22. The van der Waals surface area contributed by atoms with Gasteiger partial charge in [0.2, 0.25) is 0 Å². The molecule has 0 fully saturated rings. The molecular weight excluding hydrogens is 845 g/mol. The van der Waals surface area contributed by atoms with Crippen LogP contribution in [0.2, 0.25) is 0 Å². The number of hydrogen-bond acceptors (Lipinski definition) is 1. The fraction of sp³-hybridized carbons (Fsp3) is 0. The first-order valence-corrected chi connectivity index (χ1v) is 24.1. The summed E-state index contributed by atoms with van der Waals surface area (Å²) < 4.78 is 2.51. The zero-order chi connectivity index (χ0) is 46.4. The molecule has 0 spiro atoms. The molecule has 0 aliphatic carbocycles. The predicted molar refractivity (Wildman–Crippen MR) is 298 cm³/mol. The monoisotopic (exact) mass is 890 g/mol. The van der Waals surface area contributed by atoms with E-state index < -0.39 is 0 Å². The van der Waals surface area contributed by atoms with Gasteiger partial charge in [0.15, 0.2) is 0 Å². The molecule has 0 N–H and O–H groups in total. The van der Waals surface area contributed by atoms with Gasteiger partial charge in [0.25, 0.3) is 0 Å². The van der Waals surface area contributed by atoms with Crippen molar-refractivity contribution in [2.45, 2.75) is 0 Å². The van der Waals surface area contributed by atoms with Crippen LogP contribution in [0.3, 0.4) is 0 Å². The third kappa shape index (κ3) is 7.22. The number of benzene rings is 12. The van der Waals surface area contributed by atoms with E-state index in [2.05, 4.69) is 289 Å². The molecule has 0 amide bonds. The Bertz CT molecular complexity index is 4030. The lowest BCUT2D eigenvalue weighted by atomic mass is 9.95. The van der Waals surface area contributed by atoms with E-state index in [4.69, 9.17) is 0 Å². The highest BCUT2D eigenvalue weighted by molar-refractivity contribution is 6.19. The van der Waals surface area contributed by atoms with Crippen LogP contribution < -0.4 is 4.90 Å². The van der Waals surface area contributed by atoms with E-state index in [9.17, 15) is 0 Å². The second-order valence-corrected chi connectivity index (χ2v) is 18.1. The van der Waals surface area contributed by atoms with Crippen molar-refractivity contribution in [1.29, 1.82) is 0 Å². The molecule has 0 saturated carbocycles. The number of nitrogens with zero attached hydrogens (tertiary/aromatic N) is 2. The summed E-state index contributed by atoms with van der Waals surface area (Å²) in [5.41, 5.74) is 18.5. The Morgan fingerprint density at radius 1 is 0.257 bits per heavy atom. The average Bonchev–Trinajstić information content (AvgIpc) is 3.79. The summed E-state index contributed by atoms with van der Waals surface area (Å²) in [4.78, 5) is 2.44. The van der Waals surface area contributed by atoms with Crippen molar-refractivity contribution in [2.75, 3.05) is 4.90 Å². The van der Waals surface area contributed by atoms with Crippen molar-refractivity contribution in [3.8, 4) is 61.3 Å². The van der Waals surface area contributed by atoms with E-state index in [0.717, 1.165) is 45.0 Å². The average molecular weight is 891 g/mol. The van der Waals surface area contributed by atoms with E-state index >= 15 is 0 Å². The molecule has 70 heavy (non-hydrogen) atoms. The van der Waals surface area contributed by atoms with Crippen molar-refractivity contribution >= 4 is 60.4 Å². The highest BCUT2D eigenvalue weighted by Crippen LogP contribution is 2.46. The van der Waals surface area contributed by atoms with E-state index in [1.807, 2.05) is 0 Å². The molecule has 0 unspecified atom stereocenters. The van der Waals surface area contributed by atoms with Gasteiger partial charge in [0.1, 0.15) is 0 Å². The molecule has 12 aromatic carbocycles. The number of fused-ring (bicyclic) bond motifs is 6. The Kier molecular flexibility index (Phi) is 10.2. The molecule has 0 saturated heterocycles. The maximum Gasteiger partial charge on any atom is 0.0619 e. The van der Waals surface area contributed by atoms with Gasteiger partial charge in [-0.1, -0.05) is 231 Å². The minimum Gasteiger partial charge on any atom is -0.310 e. The number of para-hydroxylation sites is 1. The normalized spacial score (nSPS) is 11.4. The molecular formula is C68H46N2. The number of rotatable bonds is 9. The van der Waals surface area contributed by atoms with E-state index in [-0.39, 0.29) is 0 Å². The fourth-order valence-electron chi connectivity index (χ4n) is 10.6. The van der Waals surface area contributed by atoms with Crippen LogP contribution in [-0.4, -0.2) is 4.57 Å². The Morgan fingerprint density at radius 2 is 0.800 bits per heavy atom. The number of aromatic nitrogens is 1. The summed E-state index contributed by atoms with van der Waals surface area (Å²) in [6, 6.07) is 102. The quantitative estimate of drug-likeness (QED) is 0.140. The number of hydrogen-bond donors (Lipinski definition) is 0. The molecule has 0 aliphatic heterocycles. The minimum absolute atomic E-state index is 1.06. The zero-order valence-corrected chi connectivity index (χ0v) is 38.5. The Labute approximate surface area is 408 Å². The summed E-state index contributed by atoms with van der Waals surface area (Å²) >= 11 is 0. The van der Waals surface area contributed by atoms with Gasteiger partial charge < -0.3 is 9.47 Å². The second kappa shape index (κ2) is 17.4. The number of anilines is 3. The minimum atomic E-state index is 1.06. The standard InChI is InChI=1S/C68H46N2/c1-4-18-47(19-5-1)53-38-43-66(64(45-53)50-22-8-3-9-23-50)69(57-28-16-27-55(44-57)59-32-17-26-49-24-10-12-29-58(49)59)56-39-34-52(35-40-56)60-41-37-54(48-20-6-2-7-21-48)46-67(60)70-65-33-15-14-31-62(65)63-42-36-51-25-11-13-30-61(51)68(63)70/h1-46H. The van der Waals surface area contributed by atoms with Crippen molar-refractivity contribution in [1.82, 2.24) is 4.57 Å². The van der Waals surface area contributed by atoms with Crippen molar-refractivity contribution in [3.63, 3.8) is 0 Å². The lowest BCUT2D eigenvalue weighted by Gasteiger charge is -2.29. The van der Waals surface area contributed by atoms with Gasteiger partial charge in [-0.3, -0.25) is 0 Å². The topological polar surface area (TPSA) is 8.17 Å². The van der Waals surface area contributed by atoms with Crippen LogP contribution in [0.25, 0.3) is 105 Å². The molecule has 328 valence electrons. The van der Waals surface area contributed by atoms with Crippen LogP contribution in [0.5, 0.6) is 0 Å². The fourth-order valence-corrected chi connectivity index (χ4v) is 10.6. The smallest absolute Gasteiger partial charge is 0.0619 e. The molecule has 2 heteroatoms. The van der Waals surface area contributed by atoms with Gasteiger partial charge in [-0.2, -0.15) is 0 Å². The largest absolute Gasteiger partial charge is 0.310 e.